The highest BCUT2D eigenvalue weighted by molar-refractivity contribution is 14.0. The van der Waals surface area contributed by atoms with Gasteiger partial charge in [-0.1, -0.05) is 12.1 Å². The van der Waals surface area contributed by atoms with Crippen molar-refractivity contribution >= 4 is 41.0 Å². The monoisotopic (exact) mass is 499 g/mol. The molecule has 1 fully saturated rings. The number of halogens is 1. The van der Waals surface area contributed by atoms with Gasteiger partial charge in [0.25, 0.3) is 0 Å². The average Bonchev–Trinajstić information content (AvgIpc) is 3.01. The molecule has 28 heavy (non-hydrogen) atoms. The van der Waals surface area contributed by atoms with Crippen LogP contribution in [0.5, 0.6) is 0 Å². The highest BCUT2D eigenvalue weighted by Crippen LogP contribution is 2.18. The molecule has 0 radical (unpaired) electrons. The molecule has 0 amide bonds. The van der Waals surface area contributed by atoms with Crippen LogP contribution in [0, 0.1) is 12.8 Å². The lowest BCUT2D eigenvalue weighted by atomic mass is 9.96. The lowest BCUT2D eigenvalue weighted by molar-refractivity contribution is 0.0625. The van der Waals surface area contributed by atoms with Crippen LogP contribution in [0.4, 0.5) is 0 Å². The predicted molar refractivity (Wildman–Crippen MR) is 127 cm³/mol. The molecule has 0 unspecified atom stereocenters. The van der Waals surface area contributed by atoms with Crippen molar-refractivity contribution in [2.45, 2.75) is 39.7 Å². The first-order valence-electron chi connectivity index (χ1n) is 10.2. The zero-order chi connectivity index (χ0) is 19.1. The van der Waals surface area contributed by atoms with Gasteiger partial charge < -0.3 is 19.5 Å². The number of nitrogens with zero attached hydrogens (tertiary/aromatic N) is 4. The van der Waals surface area contributed by atoms with Crippen LogP contribution < -0.4 is 5.32 Å². The number of para-hydroxylation sites is 2. The molecule has 3 rings (SSSR count). The molecule has 6 nitrogen and oxygen atoms in total. The highest BCUT2D eigenvalue weighted by atomic mass is 127. The number of benzene rings is 1. The van der Waals surface area contributed by atoms with E-state index in [9.17, 15) is 0 Å². The molecular weight excluding hydrogens is 465 g/mol. The molecule has 0 spiro atoms. The number of aromatic nitrogens is 2. The minimum Gasteiger partial charge on any atom is -0.381 e. The average molecular weight is 499 g/mol. The molecule has 7 heteroatoms. The van der Waals surface area contributed by atoms with Crippen LogP contribution in [0.1, 0.15) is 32.0 Å². The zero-order valence-corrected chi connectivity index (χ0v) is 19.7. The second-order valence-corrected chi connectivity index (χ2v) is 7.30. The summed E-state index contributed by atoms with van der Waals surface area (Å²) in [7, 11) is 2.14. The topological polar surface area (TPSA) is 54.7 Å². The van der Waals surface area contributed by atoms with Crippen molar-refractivity contribution < 1.29 is 4.74 Å². The van der Waals surface area contributed by atoms with Crippen LogP contribution in [-0.4, -0.2) is 60.3 Å². The molecule has 1 aliphatic rings. The van der Waals surface area contributed by atoms with E-state index in [1.165, 1.54) is 24.8 Å². The van der Waals surface area contributed by atoms with E-state index >= 15 is 0 Å². The van der Waals surface area contributed by atoms with E-state index in [2.05, 4.69) is 58.9 Å². The largest absolute Gasteiger partial charge is 0.381 e. The van der Waals surface area contributed by atoms with Gasteiger partial charge in [0, 0.05) is 39.9 Å². The first-order chi connectivity index (χ1) is 13.2. The molecule has 0 bridgehead atoms. The Kier molecular flexibility index (Phi) is 9.50. The fourth-order valence-electron chi connectivity index (χ4n) is 3.72. The Hall–Kier alpha value is -1.35. The van der Waals surface area contributed by atoms with Gasteiger partial charge in [-0.2, -0.15) is 0 Å². The van der Waals surface area contributed by atoms with E-state index in [0.29, 0.717) is 0 Å². The summed E-state index contributed by atoms with van der Waals surface area (Å²) >= 11 is 0. The van der Waals surface area contributed by atoms with Crippen LogP contribution in [-0.2, 0) is 11.3 Å². The summed E-state index contributed by atoms with van der Waals surface area (Å²) in [5.41, 5.74) is 2.24. The van der Waals surface area contributed by atoms with Crippen molar-refractivity contribution in [2.75, 3.05) is 39.9 Å². The fourth-order valence-corrected chi connectivity index (χ4v) is 3.72. The zero-order valence-electron chi connectivity index (χ0n) is 17.4. The third kappa shape index (κ3) is 6.07. The Labute approximate surface area is 185 Å². The summed E-state index contributed by atoms with van der Waals surface area (Å²) in [5, 5.41) is 3.43. The Morgan fingerprint density at radius 1 is 1.32 bits per heavy atom. The number of hydrogen-bond donors (Lipinski definition) is 1. The van der Waals surface area contributed by atoms with Gasteiger partial charge in [0.1, 0.15) is 5.82 Å². The SMILES string of the molecule is CCNC(=NCCn1c(C)nc2ccccc21)N(C)CCC1CCOCC1.I. The van der Waals surface area contributed by atoms with Crippen LogP contribution in [0.15, 0.2) is 29.3 Å². The second-order valence-electron chi connectivity index (χ2n) is 7.30. The number of hydrogen-bond acceptors (Lipinski definition) is 3. The van der Waals surface area contributed by atoms with E-state index in [1.54, 1.807) is 0 Å². The van der Waals surface area contributed by atoms with Crippen LogP contribution in [0.2, 0.25) is 0 Å². The maximum Gasteiger partial charge on any atom is 0.193 e. The van der Waals surface area contributed by atoms with Gasteiger partial charge in [0.05, 0.1) is 17.6 Å². The molecular formula is C21H34IN5O. The maximum absolute atomic E-state index is 5.46. The molecule has 1 saturated heterocycles. The fraction of sp³-hybridized carbons (Fsp3) is 0.619. The van der Waals surface area contributed by atoms with Crippen LogP contribution in [0.25, 0.3) is 11.0 Å². The van der Waals surface area contributed by atoms with Crippen molar-refractivity contribution in [1.29, 1.82) is 0 Å². The molecule has 0 aliphatic carbocycles. The van der Waals surface area contributed by atoms with Crippen LogP contribution >= 0.6 is 24.0 Å². The third-order valence-corrected chi connectivity index (χ3v) is 5.34. The summed E-state index contributed by atoms with van der Waals surface area (Å²) in [6.07, 6.45) is 3.58. The van der Waals surface area contributed by atoms with Crippen molar-refractivity contribution in [3.8, 4) is 0 Å². The number of imidazole rings is 1. The number of aliphatic imine (C=N–C) groups is 1. The Balaban J connectivity index is 0.00000280. The van der Waals surface area contributed by atoms with Crippen LogP contribution in [0.3, 0.4) is 0 Å². The smallest absolute Gasteiger partial charge is 0.193 e. The number of aryl methyl sites for hydroxylation is 1. The van der Waals surface area contributed by atoms with E-state index in [1.807, 2.05) is 6.07 Å². The van der Waals surface area contributed by atoms with Crippen molar-refractivity contribution in [3.63, 3.8) is 0 Å². The molecule has 1 aromatic heterocycles. The number of ether oxygens (including phenoxy) is 1. The minimum absolute atomic E-state index is 0. The van der Waals surface area contributed by atoms with Gasteiger partial charge in [0.15, 0.2) is 5.96 Å². The van der Waals surface area contributed by atoms with Gasteiger partial charge in [-0.3, -0.25) is 4.99 Å². The molecule has 2 aromatic rings. The highest BCUT2D eigenvalue weighted by Gasteiger charge is 2.15. The number of guanidine groups is 1. The van der Waals surface area contributed by atoms with E-state index in [4.69, 9.17) is 9.73 Å². The number of nitrogens with one attached hydrogen (secondary N) is 1. The maximum atomic E-state index is 5.46. The quantitative estimate of drug-likeness (QED) is 0.359. The lowest BCUT2D eigenvalue weighted by Crippen LogP contribution is -2.40. The molecule has 2 heterocycles. The summed E-state index contributed by atoms with van der Waals surface area (Å²) in [6.45, 7) is 9.52. The molecule has 0 atom stereocenters. The van der Waals surface area contributed by atoms with Gasteiger partial charge >= 0.3 is 0 Å². The van der Waals surface area contributed by atoms with Crippen molar-refractivity contribution in [2.24, 2.45) is 10.9 Å². The minimum atomic E-state index is 0. The molecule has 1 aromatic carbocycles. The third-order valence-electron chi connectivity index (χ3n) is 5.34. The molecule has 1 N–H and O–H groups in total. The molecule has 1 aliphatic heterocycles. The summed E-state index contributed by atoms with van der Waals surface area (Å²) in [5.74, 6) is 2.82. The van der Waals surface area contributed by atoms with E-state index in [-0.39, 0.29) is 24.0 Å². The predicted octanol–water partition coefficient (Wildman–Crippen LogP) is 3.68. The summed E-state index contributed by atoms with van der Waals surface area (Å²) in [4.78, 5) is 11.8. The van der Waals surface area contributed by atoms with Gasteiger partial charge in [0.2, 0.25) is 0 Å². The lowest BCUT2D eigenvalue weighted by Gasteiger charge is -2.27. The van der Waals surface area contributed by atoms with Gasteiger partial charge in [-0.05, 0) is 51.2 Å². The number of fused-ring (bicyclic) bond motifs is 1. The van der Waals surface area contributed by atoms with Crippen molar-refractivity contribution in [3.05, 3.63) is 30.1 Å². The van der Waals surface area contributed by atoms with Crippen molar-refractivity contribution in [1.82, 2.24) is 19.8 Å². The Morgan fingerprint density at radius 2 is 2.07 bits per heavy atom. The van der Waals surface area contributed by atoms with Gasteiger partial charge in [-0.25, -0.2) is 4.98 Å². The van der Waals surface area contributed by atoms with Gasteiger partial charge in [-0.15, -0.1) is 24.0 Å². The normalized spacial score (nSPS) is 15.5. The Bertz CT molecular complexity index is 754. The second kappa shape index (κ2) is 11.6. The van der Waals surface area contributed by atoms with E-state index in [0.717, 1.165) is 62.6 Å². The molecule has 156 valence electrons. The first kappa shape index (κ1) is 22.9. The number of rotatable bonds is 7. The standard InChI is InChI=1S/C21H33N5O.HI/c1-4-22-21(25(3)13-9-18-10-15-27-16-11-18)23-12-14-26-17(2)24-19-7-5-6-8-20(19)26;/h5-8,18H,4,9-16H2,1-3H3,(H,22,23);1H. The summed E-state index contributed by atoms with van der Waals surface area (Å²) < 4.78 is 7.72. The summed E-state index contributed by atoms with van der Waals surface area (Å²) in [6, 6.07) is 8.30. The van der Waals surface area contributed by atoms with E-state index < -0.39 is 0 Å². The first-order valence-corrected chi connectivity index (χ1v) is 10.2. The molecule has 0 saturated carbocycles. The Morgan fingerprint density at radius 3 is 2.82 bits per heavy atom.